The van der Waals surface area contributed by atoms with Crippen LogP contribution in [0.25, 0.3) is 0 Å². The van der Waals surface area contributed by atoms with Gasteiger partial charge in [-0.2, -0.15) is 5.10 Å². The number of hydrogen-bond donors (Lipinski definition) is 1. The molecule has 0 radical (unpaired) electrons. The van der Waals surface area contributed by atoms with E-state index in [9.17, 15) is 5.11 Å². The first-order valence-corrected chi connectivity index (χ1v) is 8.00. The van der Waals surface area contributed by atoms with Crippen LogP contribution < -0.4 is 0 Å². The van der Waals surface area contributed by atoms with Gasteiger partial charge in [-0.15, -0.1) is 0 Å². The molecule has 0 saturated heterocycles. The van der Waals surface area contributed by atoms with Crippen LogP contribution in [0.4, 0.5) is 0 Å². The van der Waals surface area contributed by atoms with E-state index in [0.29, 0.717) is 24.3 Å². The van der Waals surface area contributed by atoms with E-state index < -0.39 is 5.60 Å². The summed E-state index contributed by atoms with van der Waals surface area (Å²) in [6.07, 6.45) is 7.66. The smallest absolute Gasteiger partial charge is 0.138 e. The molecule has 0 bridgehead atoms. The molecule has 20 heavy (non-hydrogen) atoms. The number of aromatic nitrogens is 3. The highest BCUT2D eigenvalue weighted by atomic mass is 16.3. The fourth-order valence-electron chi connectivity index (χ4n) is 3.62. The monoisotopic (exact) mass is 279 g/mol. The van der Waals surface area contributed by atoms with E-state index in [2.05, 4.69) is 37.8 Å². The number of aliphatic hydroxyl groups is 1. The van der Waals surface area contributed by atoms with Gasteiger partial charge < -0.3 is 5.11 Å². The lowest BCUT2D eigenvalue weighted by Gasteiger charge is -2.37. The Morgan fingerprint density at radius 3 is 2.80 bits per heavy atom. The van der Waals surface area contributed by atoms with Crippen molar-refractivity contribution in [3.05, 3.63) is 12.2 Å². The van der Waals surface area contributed by atoms with Crippen LogP contribution >= 0.6 is 0 Å². The average molecular weight is 279 g/mol. The molecule has 0 spiro atoms. The minimum Gasteiger partial charge on any atom is -0.389 e. The number of nitrogens with zero attached hydrogens (tertiary/aromatic N) is 3. The summed E-state index contributed by atoms with van der Waals surface area (Å²) in [5, 5.41) is 15.2. The summed E-state index contributed by atoms with van der Waals surface area (Å²) >= 11 is 0. The second-order valence-corrected chi connectivity index (χ2v) is 7.21. The van der Waals surface area contributed by atoms with Gasteiger partial charge in [0.05, 0.1) is 5.60 Å². The lowest BCUT2D eigenvalue weighted by Crippen LogP contribution is -2.38. The third kappa shape index (κ3) is 3.81. The van der Waals surface area contributed by atoms with Crippen LogP contribution in [-0.4, -0.2) is 25.5 Å². The van der Waals surface area contributed by atoms with Crippen molar-refractivity contribution < 1.29 is 5.11 Å². The highest BCUT2D eigenvalue weighted by Gasteiger charge is 2.36. The Hall–Kier alpha value is -0.900. The normalized spacial score (nSPS) is 27.4. The Bertz CT molecular complexity index is 427. The molecule has 1 aliphatic rings. The minimum absolute atomic E-state index is 0.297. The Kier molecular flexibility index (Phi) is 4.84. The molecule has 2 atom stereocenters. The maximum absolute atomic E-state index is 11.0. The first kappa shape index (κ1) is 15.5. The molecule has 1 aromatic heterocycles. The molecule has 4 nitrogen and oxygen atoms in total. The molecule has 0 aromatic carbocycles. The lowest BCUT2D eigenvalue weighted by atomic mass is 9.73. The molecule has 4 heteroatoms. The van der Waals surface area contributed by atoms with E-state index >= 15 is 0 Å². The Balaban J connectivity index is 2.04. The van der Waals surface area contributed by atoms with Crippen LogP contribution in [0.2, 0.25) is 0 Å². The molecule has 1 heterocycles. The van der Waals surface area contributed by atoms with E-state index in [4.69, 9.17) is 0 Å². The molecule has 0 amide bonds. The predicted molar refractivity (Wildman–Crippen MR) is 80.5 cm³/mol. The van der Waals surface area contributed by atoms with E-state index in [1.165, 1.54) is 12.8 Å². The summed E-state index contributed by atoms with van der Waals surface area (Å²) in [7, 11) is 0. The van der Waals surface area contributed by atoms with Crippen molar-refractivity contribution in [3.8, 4) is 0 Å². The molecule has 0 aliphatic heterocycles. The van der Waals surface area contributed by atoms with Gasteiger partial charge in [0.25, 0.3) is 0 Å². The second kappa shape index (κ2) is 6.25. The molecular weight excluding hydrogens is 250 g/mol. The SMILES string of the molecule is CC(C)CC1CCCC(O)(Cc2ncnn2C(C)C)C1. The lowest BCUT2D eigenvalue weighted by molar-refractivity contribution is -0.0213. The zero-order valence-corrected chi connectivity index (χ0v) is 13.3. The van der Waals surface area contributed by atoms with Gasteiger partial charge in [0, 0.05) is 12.5 Å². The van der Waals surface area contributed by atoms with E-state index in [1.807, 2.05) is 4.68 Å². The predicted octanol–water partition coefficient (Wildman–Crippen LogP) is 3.37. The van der Waals surface area contributed by atoms with Crippen molar-refractivity contribution in [2.75, 3.05) is 0 Å². The van der Waals surface area contributed by atoms with E-state index in [0.717, 1.165) is 25.1 Å². The zero-order valence-electron chi connectivity index (χ0n) is 13.3. The summed E-state index contributed by atoms with van der Waals surface area (Å²) in [6.45, 7) is 8.74. The molecule has 1 aliphatic carbocycles. The van der Waals surface area contributed by atoms with Crippen molar-refractivity contribution in [3.63, 3.8) is 0 Å². The fraction of sp³-hybridized carbons (Fsp3) is 0.875. The van der Waals surface area contributed by atoms with Crippen molar-refractivity contribution >= 4 is 0 Å². The van der Waals surface area contributed by atoms with Crippen LogP contribution in [-0.2, 0) is 6.42 Å². The highest BCUT2D eigenvalue weighted by molar-refractivity contribution is 4.98. The minimum atomic E-state index is -0.586. The molecule has 114 valence electrons. The first-order chi connectivity index (χ1) is 9.39. The summed E-state index contributed by atoms with van der Waals surface area (Å²) in [4.78, 5) is 4.35. The zero-order chi connectivity index (χ0) is 14.8. The van der Waals surface area contributed by atoms with Gasteiger partial charge >= 0.3 is 0 Å². The van der Waals surface area contributed by atoms with Crippen LogP contribution in [0.1, 0.15) is 71.7 Å². The fourth-order valence-corrected chi connectivity index (χ4v) is 3.62. The van der Waals surface area contributed by atoms with Gasteiger partial charge in [0.2, 0.25) is 0 Å². The van der Waals surface area contributed by atoms with Gasteiger partial charge in [-0.25, -0.2) is 9.67 Å². The summed E-state index contributed by atoms with van der Waals surface area (Å²) in [6, 6.07) is 0.297. The largest absolute Gasteiger partial charge is 0.389 e. The summed E-state index contributed by atoms with van der Waals surface area (Å²) in [5.41, 5.74) is -0.586. The van der Waals surface area contributed by atoms with Gasteiger partial charge in [-0.1, -0.05) is 26.7 Å². The molecule has 1 aromatic rings. The van der Waals surface area contributed by atoms with Crippen molar-refractivity contribution in [1.29, 1.82) is 0 Å². The maximum Gasteiger partial charge on any atom is 0.138 e. The Morgan fingerprint density at radius 1 is 1.40 bits per heavy atom. The standard InChI is InChI=1S/C16H29N3O/c1-12(2)8-14-6-5-7-16(20,9-14)10-15-17-11-18-19(15)13(3)4/h11-14,20H,5-10H2,1-4H3. The van der Waals surface area contributed by atoms with Crippen LogP contribution in [0.3, 0.4) is 0 Å². The van der Waals surface area contributed by atoms with Gasteiger partial charge in [0.1, 0.15) is 12.2 Å². The van der Waals surface area contributed by atoms with Crippen molar-refractivity contribution in [2.24, 2.45) is 11.8 Å². The summed E-state index contributed by atoms with van der Waals surface area (Å²) in [5.74, 6) is 2.29. The molecule has 1 N–H and O–H groups in total. The quantitative estimate of drug-likeness (QED) is 0.899. The van der Waals surface area contributed by atoms with Crippen LogP contribution in [0.15, 0.2) is 6.33 Å². The van der Waals surface area contributed by atoms with Gasteiger partial charge in [0.15, 0.2) is 0 Å². The van der Waals surface area contributed by atoms with Crippen LogP contribution in [0, 0.1) is 11.8 Å². The highest BCUT2D eigenvalue weighted by Crippen LogP contribution is 2.37. The van der Waals surface area contributed by atoms with E-state index in [-0.39, 0.29) is 0 Å². The van der Waals surface area contributed by atoms with Gasteiger partial charge in [-0.3, -0.25) is 0 Å². The second-order valence-electron chi connectivity index (χ2n) is 7.21. The number of hydrogen-bond acceptors (Lipinski definition) is 3. The van der Waals surface area contributed by atoms with Crippen molar-refractivity contribution in [2.45, 2.75) is 77.9 Å². The molecule has 2 rings (SSSR count). The topological polar surface area (TPSA) is 50.9 Å². The summed E-state index contributed by atoms with van der Waals surface area (Å²) < 4.78 is 1.93. The molecule has 2 unspecified atom stereocenters. The molecule has 1 fully saturated rings. The third-order valence-corrected chi connectivity index (χ3v) is 4.35. The van der Waals surface area contributed by atoms with Crippen molar-refractivity contribution in [1.82, 2.24) is 14.8 Å². The van der Waals surface area contributed by atoms with Crippen LogP contribution in [0.5, 0.6) is 0 Å². The van der Waals surface area contributed by atoms with Gasteiger partial charge in [-0.05, 0) is 44.9 Å². The molecule has 1 saturated carbocycles. The molecular formula is C16H29N3O. The van der Waals surface area contributed by atoms with E-state index in [1.54, 1.807) is 6.33 Å². The third-order valence-electron chi connectivity index (χ3n) is 4.35. The first-order valence-electron chi connectivity index (χ1n) is 8.00. The Morgan fingerprint density at radius 2 is 2.15 bits per heavy atom. The number of rotatable bonds is 5. The maximum atomic E-state index is 11.0. The Labute approximate surface area is 122 Å². The average Bonchev–Trinajstić information content (AvgIpc) is 2.75.